The molecule has 2 amide bonds. The number of halogens is 1. The number of urea groups is 1. The van der Waals surface area contributed by atoms with Gasteiger partial charge in [-0.3, -0.25) is 0 Å². The number of nitrogens with zero attached hydrogens (tertiary/aromatic N) is 1. The summed E-state index contributed by atoms with van der Waals surface area (Å²) in [6, 6.07) is 6.72. The van der Waals surface area contributed by atoms with Crippen LogP contribution in [0.4, 0.5) is 9.18 Å². The van der Waals surface area contributed by atoms with Crippen LogP contribution in [0.3, 0.4) is 0 Å². The van der Waals surface area contributed by atoms with Gasteiger partial charge in [0.25, 0.3) is 0 Å². The van der Waals surface area contributed by atoms with Crippen molar-refractivity contribution < 1.29 is 9.18 Å². The highest BCUT2D eigenvalue weighted by Crippen LogP contribution is 2.47. The molecule has 0 aromatic heterocycles. The van der Waals surface area contributed by atoms with Gasteiger partial charge in [0.15, 0.2) is 0 Å². The Hall–Kier alpha value is -1.58. The summed E-state index contributed by atoms with van der Waals surface area (Å²) in [4.78, 5) is 14.1. The Balaban J connectivity index is 1.93. The molecule has 1 saturated heterocycles. The van der Waals surface area contributed by atoms with E-state index in [1.807, 2.05) is 17.0 Å². The van der Waals surface area contributed by atoms with Gasteiger partial charge in [0.05, 0.1) is 6.04 Å². The molecule has 1 aromatic carbocycles. The van der Waals surface area contributed by atoms with Crippen LogP contribution in [0, 0.1) is 17.7 Å². The highest BCUT2D eigenvalue weighted by molar-refractivity contribution is 5.75. The smallest absolute Gasteiger partial charge is 0.317 e. The van der Waals surface area contributed by atoms with E-state index in [1.165, 1.54) is 37.8 Å². The number of hydrogen-bond acceptors (Lipinski definition) is 1. The largest absolute Gasteiger partial charge is 0.341 e. The Labute approximate surface area is 119 Å². The summed E-state index contributed by atoms with van der Waals surface area (Å²) in [5, 5.41) is 2.74. The van der Waals surface area contributed by atoms with Gasteiger partial charge in [-0.15, -0.1) is 0 Å². The molecule has 0 radical (unpaired) electrons. The summed E-state index contributed by atoms with van der Waals surface area (Å²) >= 11 is 0. The van der Waals surface area contributed by atoms with Crippen molar-refractivity contribution in [3.63, 3.8) is 0 Å². The van der Waals surface area contributed by atoms with Gasteiger partial charge in [0.1, 0.15) is 5.82 Å². The van der Waals surface area contributed by atoms with Crippen LogP contribution in [0.25, 0.3) is 0 Å². The zero-order valence-electron chi connectivity index (χ0n) is 11.8. The Morgan fingerprint density at radius 1 is 1.25 bits per heavy atom. The molecule has 1 N–H and O–H groups in total. The fourth-order valence-electron chi connectivity index (χ4n) is 3.92. The zero-order valence-corrected chi connectivity index (χ0v) is 11.8. The van der Waals surface area contributed by atoms with Crippen LogP contribution in [0.15, 0.2) is 24.3 Å². The molecule has 0 bridgehead atoms. The van der Waals surface area contributed by atoms with Gasteiger partial charge in [-0.25, -0.2) is 9.18 Å². The lowest BCUT2D eigenvalue weighted by atomic mass is 9.77. The van der Waals surface area contributed by atoms with Crippen LogP contribution in [-0.2, 0) is 0 Å². The molecule has 3 atom stereocenters. The molecular formula is C16H21FN2O. The first-order valence-corrected chi connectivity index (χ1v) is 7.44. The van der Waals surface area contributed by atoms with E-state index >= 15 is 0 Å². The molecule has 1 aliphatic carbocycles. The third-order valence-electron chi connectivity index (χ3n) is 4.83. The molecule has 0 spiro atoms. The number of carbonyl (C=O) groups excluding carboxylic acids is 1. The maximum Gasteiger partial charge on any atom is 0.317 e. The second-order valence-electron chi connectivity index (χ2n) is 5.91. The number of fused-ring (bicyclic) bond motifs is 1. The minimum Gasteiger partial charge on any atom is -0.341 e. The Morgan fingerprint density at radius 3 is 2.65 bits per heavy atom. The predicted octanol–water partition coefficient (Wildman–Crippen LogP) is 3.33. The standard InChI is InChI=1S/C16H21FN2O/c1-18-16(20)19-10-12-4-2-3-5-14(12)15(19)11-6-8-13(17)9-7-11/h6-9,12,14-15H,2-5,10H2,1H3,(H,18,20). The third-order valence-corrected chi connectivity index (χ3v) is 4.83. The van der Waals surface area contributed by atoms with E-state index in [2.05, 4.69) is 5.32 Å². The first-order chi connectivity index (χ1) is 9.70. The fraction of sp³-hybridized carbons (Fsp3) is 0.562. The zero-order chi connectivity index (χ0) is 14.1. The second-order valence-corrected chi connectivity index (χ2v) is 5.91. The Kier molecular flexibility index (Phi) is 3.64. The summed E-state index contributed by atoms with van der Waals surface area (Å²) in [7, 11) is 1.67. The number of hydrogen-bond donors (Lipinski definition) is 1. The van der Waals surface area contributed by atoms with E-state index in [1.54, 1.807) is 7.05 Å². The number of nitrogens with one attached hydrogen (secondary N) is 1. The minimum absolute atomic E-state index is 0.0197. The highest BCUT2D eigenvalue weighted by Gasteiger charge is 2.44. The van der Waals surface area contributed by atoms with Gasteiger partial charge >= 0.3 is 6.03 Å². The second kappa shape index (κ2) is 5.43. The van der Waals surface area contributed by atoms with E-state index in [4.69, 9.17) is 0 Å². The number of benzene rings is 1. The minimum atomic E-state index is -0.224. The molecule has 1 aromatic rings. The first kappa shape index (κ1) is 13.4. The van der Waals surface area contributed by atoms with E-state index in [9.17, 15) is 9.18 Å². The van der Waals surface area contributed by atoms with Crippen molar-refractivity contribution in [2.75, 3.05) is 13.6 Å². The Bertz CT molecular complexity index is 488. The van der Waals surface area contributed by atoms with E-state index in [-0.39, 0.29) is 17.9 Å². The van der Waals surface area contributed by atoms with Crippen molar-refractivity contribution in [2.45, 2.75) is 31.7 Å². The van der Waals surface area contributed by atoms with Crippen LogP contribution >= 0.6 is 0 Å². The van der Waals surface area contributed by atoms with Gasteiger partial charge in [0, 0.05) is 13.6 Å². The van der Waals surface area contributed by atoms with Crippen molar-refractivity contribution in [3.05, 3.63) is 35.6 Å². The fourth-order valence-corrected chi connectivity index (χ4v) is 3.92. The molecule has 2 aliphatic rings. The molecule has 1 aliphatic heterocycles. The molecule has 2 fully saturated rings. The normalized spacial score (nSPS) is 29.1. The third kappa shape index (κ3) is 2.28. The van der Waals surface area contributed by atoms with Crippen molar-refractivity contribution in [1.82, 2.24) is 10.2 Å². The Morgan fingerprint density at radius 2 is 1.95 bits per heavy atom. The molecule has 1 heterocycles. The lowest BCUT2D eigenvalue weighted by Gasteiger charge is -2.30. The topological polar surface area (TPSA) is 32.3 Å². The monoisotopic (exact) mass is 276 g/mol. The van der Waals surface area contributed by atoms with Crippen LogP contribution in [-0.4, -0.2) is 24.5 Å². The number of rotatable bonds is 1. The van der Waals surface area contributed by atoms with Gasteiger partial charge in [-0.05, 0) is 42.4 Å². The molecule has 3 nitrogen and oxygen atoms in total. The quantitative estimate of drug-likeness (QED) is 0.838. The lowest BCUT2D eigenvalue weighted by Crippen LogP contribution is -2.38. The van der Waals surface area contributed by atoms with E-state index in [0.29, 0.717) is 11.8 Å². The summed E-state index contributed by atoms with van der Waals surface area (Å²) in [5.74, 6) is 0.890. The van der Waals surface area contributed by atoms with Crippen molar-refractivity contribution in [2.24, 2.45) is 11.8 Å². The summed E-state index contributed by atoms with van der Waals surface area (Å²) in [5.41, 5.74) is 1.06. The molecule has 4 heteroatoms. The van der Waals surface area contributed by atoms with Gasteiger partial charge in [0.2, 0.25) is 0 Å². The highest BCUT2D eigenvalue weighted by atomic mass is 19.1. The van der Waals surface area contributed by atoms with Crippen molar-refractivity contribution in [3.8, 4) is 0 Å². The number of likely N-dealkylation sites (tertiary alicyclic amines) is 1. The van der Waals surface area contributed by atoms with Crippen molar-refractivity contribution in [1.29, 1.82) is 0 Å². The maximum atomic E-state index is 13.1. The van der Waals surface area contributed by atoms with Gasteiger partial charge in [-0.2, -0.15) is 0 Å². The first-order valence-electron chi connectivity index (χ1n) is 7.44. The number of amides is 2. The molecule has 3 rings (SSSR count). The average Bonchev–Trinajstić information content (AvgIpc) is 2.87. The van der Waals surface area contributed by atoms with Crippen LogP contribution in [0.5, 0.6) is 0 Å². The average molecular weight is 276 g/mol. The molecule has 20 heavy (non-hydrogen) atoms. The molecule has 108 valence electrons. The summed E-state index contributed by atoms with van der Waals surface area (Å²) < 4.78 is 13.1. The van der Waals surface area contributed by atoms with Gasteiger partial charge < -0.3 is 10.2 Å². The molecular weight excluding hydrogens is 255 g/mol. The van der Waals surface area contributed by atoms with Crippen LogP contribution in [0.2, 0.25) is 0 Å². The summed E-state index contributed by atoms with van der Waals surface area (Å²) in [6.45, 7) is 0.826. The molecule has 3 unspecified atom stereocenters. The predicted molar refractivity (Wildman–Crippen MR) is 75.8 cm³/mol. The van der Waals surface area contributed by atoms with Crippen LogP contribution in [0.1, 0.15) is 37.3 Å². The lowest BCUT2D eigenvalue weighted by molar-refractivity contribution is 0.185. The van der Waals surface area contributed by atoms with E-state index < -0.39 is 0 Å². The van der Waals surface area contributed by atoms with Crippen LogP contribution < -0.4 is 5.32 Å². The maximum absolute atomic E-state index is 13.1. The SMILES string of the molecule is CNC(=O)N1CC2CCCCC2C1c1ccc(F)cc1. The van der Waals surface area contributed by atoms with Crippen molar-refractivity contribution >= 4 is 6.03 Å². The number of carbonyl (C=O) groups is 1. The summed E-state index contributed by atoms with van der Waals surface area (Å²) in [6.07, 6.45) is 4.87. The van der Waals surface area contributed by atoms with Gasteiger partial charge in [-0.1, -0.05) is 25.0 Å². The van der Waals surface area contributed by atoms with E-state index in [0.717, 1.165) is 12.1 Å². The molecule has 1 saturated carbocycles.